The number of aryl methyl sites for hydroxylation is 1. The minimum absolute atomic E-state index is 0.142. The van der Waals surface area contributed by atoms with E-state index in [9.17, 15) is 4.79 Å². The highest BCUT2D eigenvalue weighted by Gasteiger charge is 2.43. The molecule has 1 saturated carbocycles. The number of benzene rings is 1. The van der Waals surface area contributed by atoms with E-state index in [4.69, 9.17) is 0 Å². The number of carbonyl (C=O) groups is 1. The van der Waals surface area contributed by atoms with Gasteiger partial charge in [-0.15, -0.1) is 0 Å². The van der Waals surface area contributed by atoms with Gasteiger partial charge in [-0.2, -0.15) is 0 Å². The second-order valence-electron chi connectivity index (χ2n) is 11.0. The van der Waals surface area contributed by atoms with Crippen molar-refractivity contribution in [2.45, 2.75) is 57.7 Å². The number of carbonyl (C=O) groups excluding carboxylic acids is 1. The molecule has 5 unspecified atom stereocenters. The Morgan fingerprint density at radius 1 is 1.22 bits per heavy atom. The largest absolute Gasteiger partial charge is 0.373 e. The molecule has 4 aliphatic rings. The van der Waals surface area contributed by atoms with E-state index in [-0.39, 0.29) is 18.0 Å². The third kappa shape index (κ3) is 4.82. The number of nitrogens with zero attached hydrogens (tertiary/aromatic N) is 2. The fourth-order valence-corrected chi connectivity index (χ4v) is 6.20. The van der Waals surface area contributed by atoms with Gasteiger partial charge in [-0.3, -0.25) is 4.79 Å². The van der Waals surface area contributed by atoms with E-state index in [0.29, 0.717) is 23.8 Å². The van der Waals surface area contributed by atoms with Crippen molar-refractivity contribution >= 4 is 11.6 Å². The third-order valence-electron chi connectivity index (χ3n) is 8.32. The summed E-state index contributed by atoms with van der Waals surface area (Å²) >= 11 is 0. The minimum atomic E-state index is -0.142. The molecule has 0 aromatic heterocycles. The molecule has 6 nitrogen and oxygen atoms in total. The highest BCUT2D eigenvalue weighted by atomic mass is 16.2. The topological polar surface area (TPSA) is 59.6 Å². The van der Waals surface area contributed by atoms with Crippen molar-refractivity contribution in [3.63, 3.8) is 0 Å². The quantitative estimate of drug-likeness (QED) is 0.634. The van der Waals surface area contributed by atoms with Crippen LogP contribution in [-0.4, -0.2) is 80.1 Å². The standard InChI is InChI=1S/C26H41N5O/c1-17-5-4-6-21-14-22(28-23(17)21)26(32)29-25(20-7-8-20)24-18(2)13-19(15-27-24)16-31-11-9-30(3)10-12-31/h4-6,18-20,22,24-25,27-28H,7-16H2,1-3H3,(H,29,32). The summed E-state index contributed by atoms with van der Waals surface area (Å²) in [6.45, 7) is 11.6. The Hall–Kier alpha value is -1.63. The predicted octanol–water partition coefficient (Wildman–Crippen LogP) is 2.09. The molecule has 1 aliphatic carbocycles. The number of amides is 1. The molecule has 176 valence electrons. The van der Waals surface area contributed by atoms with Crippen LogP contribution >= 0.6 is 0 Å². The van der Waals surface area contributed by atoms with E-state index in [1.165, 1.54) is 63.1 Å². The summed E-state index contributed by atoms with van der Waals surface area (Å²) in [6.07, 6.45) is 4.55. The Morgan fingerprint density at radius 2 is 2.00 bits per heavy atom. The predicted molar refractivity (Wildman–Crippen MR) is 130 cm³/mol. The van der Waals surface area contributed by atoms with Gasteiger partial charge in [0, 0.05) is 56.9 Å². The second kappa shape index (κ2) is 9.32. The van der Waals surface area contributed by atoms with Crippen LogP contribution in [0.15, 0.2) is 18.2 Å². The zero-order valence-electron chi connectivity index (χ0n) is 20.1. The van der Waals surface area contributed by atoms with Crippen LogP contribution in [0.5, 0.6) is 0 Å². The first kappa shape index (κ1) is 22.2. The van der Waals surface area contributed by atoms with Gasteiger partial charge in [0.05, 0.1) is 0 Å². The van der Waals surface area contributed by atoms with Crippen LogP contribution < -0.4 is 16.0 Å². The smallest absolute Gasteiger partial charge is 0.243 e. The number of fused-ring (bicyclic) bond motifs is 1. The molecule has 1 aromatic carbocycles. The van der Waals surface area contributed by atoms with Gasteiger partial charge in [0.15, 0.2) is 0 Å². The number of piperidine rings is 1. The molecule has 3 aliphatic heterocycles. The lowest BCUT2D eigenvalue weighted by molar-refractivity contribution is -0.123. The van der Waals surface area contributed by atoms with E-state index in [0.717, 1.165) is 18.7 Å². The maximum Gasteiger partial charge on any atom is 0.243 e. The molecule has 5 atom stereocenters. The first-order valence-electron chi connectivity index (χ1n) is 12.8. The fourth-order valence-electron chi connectivity index (χ4n) is 6.20. The Balaban J connectivity index is 1.16. The Labute approximate surface area is 193 Å². The lowest BCUT2D eigenvalue weighted by Gasteiger charge is -2.42. The third-order valence-corrected chi connectivity index (χ3v) is 8.32. The van der Waals surface area contributed by atoms with Crippen LogP contribution in [0.4, 0.5) is 5.69 Å². The molecule has 1 amide bonds. The molecule has 3 fully saturated rings. The van der Waals surface area contributed by atoms with Crippen molar-refractivity contribution < 1.29 is 4.79 Å². The molecular weight excluding hydrogens is 398 g/mol. The lowest BCUT2D eigenvalue weighted by Crippen LogP contribution is -2.60. The van der Waals surface area contributed by atoms with Gasteiger partial charge in [-0.1, -0.05) is 25.1 Å². The van der Waals surface area contributed by atoms with E-state index in [1.54, 1.807) is 0 Å². The highest BCUT2D eigenvalue weighted by Crippen LogP contribution is 2.38. The summed E-state index contributed by atoms with van der Waals surface area (Å²) in [6, 6.07) is 6.86. The zero-order chi connectivity index (χ0) is 22.2. The van der Waals surface area contributed by atoms with Crippen LogP contribution in [0.25, 0.3) is 0 Å². The first-order valence-corrected chi connectivity index (χ1v) is 12.8. The molecule has 5 rings (SSSR count). The van der Waals surface area contributed by atoms with E-state index in [1.807, 2.05) is 0 Å². The fraction of sp³-hybridized carbons (Fsp3) is 0.731. The number of anilines is 1. The first-order chi connectivity index (χ1) is 15.5. The van der Waals surface area contributed by atoms with Crippen LogP contribution in [0, 0.1) is 24.7 Å². The van der Waals surface area contributed by atoms with Gasteiger partial charge in [0.25, 0.3) is 0 Å². The Kier molecular flexibility index (Phi) is 6.46. The average molecular weight is 440 g/mol. The number of para-hydroxylation sites is 1. The average Bonchev–Trinajstić information content (AvgIpc) is 3.52. The highest BCUT2D eigenvalue weighted by molar-refractivity contribution is 5.88. The van der Waals surface area contributed by atoms with Crippen LogP contribution in [0.3, 0.4) is 0 Å². The van der Waals surface area contributed by atoms with Crippen molar-refractivity contribution in [1.29, 1.82) is 0 Å². The van der Waals surface area contributed by atoms with E-state index < -0.39 is 0 Å². The number of hydrogen-bond donors (Lipinski definition) is 3. The summed E-state index contributed by atoms with van der Waals surface area (Å²) in [7, 11) is 2.22. The van der Waals surface area contributed by atoms with Crippen molar-refractivity contribution in [2.75, 3.05) is 51.6 Å². The molecular formula is C26H41N5O. The van der Waals surface area contributed by atoms with Crippen molar-refractivity contribution in [1.82, 2.24) is 20.4 Å². The Bertz CT molecular complexity index is 816. The molecule has 2 saturated heterocycles. The van der Waals surface area contributed by atoms with Gasteiger partial charge in [0.1, 0.15) is 6.04 Å². The minimum Gasteiger partial charge on any atom is -0.373 e. The van der Waals surface area contributed by atoms with Gasteiger partial charge in [-0.25, -0.2) is 0 Å². The van der Waals surface area contributed by atoms with Crippen LogP contribution in [-0.2, 0) is 11.2 Å². The van der Waals surface area contributed by atoms with Crippen LogP contribution in [0.2, 0.25) is 0 Å². The molecule has 1 aromatic rings. The van der Waals surface area contributed by atoms with Gasteiger partial charge < -0.3 is 25.8 Å². The number of nitrogens with one attached hydrogen (secondary N) is 3. The summed E-state index contributed by atoms with van der Waals surface area (Å²) in [5.41, 5.74) is 3.65. The summed E-state index contributed by atoms with van der Waals surface area (Å²) in [5.74, 6) is 2.11. The molecule has 32 heavy (non-hydrogen) atoms. The molecule has 0 spiro atoms. The molecule has 0 bridgehead atoms. The Morgan fingerprint density at radius 3 is 2.69 bits per heavy atom. The second-order valence-corrected chi connectivity index (χ2v) is 11.0. The van der Waals surface area contributed by atoms with E-state index in [2.05, 4.69) is 64.8 Å². The van der Waals surface area contributed by atoms with Gasteiger partial charge in [0.2, 0.25) is 5.91 Å². The maximum absolute atomic E-state index is 13.3. The summed E-state index contributed by atoms with van der Waals surface area (Å²) < 4.78 is 0. The zero-order valence-corrected chi connectivity index (χ0v) is 20.1. The monoisotopic (exact) mass is 439 g/mol. The van der Waals surface area contributed by atoms with Crippen molar-refractivity contribution in [3.05, 3.63) is 29.3 Å². The summed E-state index contributed by atoms with van der Waals surface area (Å²) in [5, 5.41) is 10.9. The number of likely N-dealkylation sites (N-methyl/N-ethyl adjacent to an activating group) is 1. The number of piperazine rings is 1. The van der Waals surface area contributed by atoms with Gasteiger partial charge in [-0.05, 0) is 68.7 Å². The van der Waals surface area contributed by atoms with Crippen LogP contribution in [0.1, 0.15) is 37.3 Å². The van der Waals surface area contributed by atoms with E-state index >= 15 is 0 Å². The normalized spacial score (nSPS) is 32.2. The van der Waals surface area contributed by atoms with Gasteiger partial charge >= 0.3 is 0 Å². The SMILES string of the molecule is Cc1cccc2c1NC(C(=O)NC(C1CC1)C1NCC(CN3CCN(C)CC3)CC1C)C2. The number of hydrogen-bond acceptors (Lipinski definition) is 5. The molecule has 6 heteroatoms. The number of rotatable bonds is 6. The summed E-state index contributed by atoms with van der Waals surface area (Å²) in [4.78, 5) is 18.3. The van der Waals surface area contributed by atoms with Crippen molar-refractivity contribution in [3.8, 4) is 0 Å². The maximum atomic E-state index is 13.3. The van der Waals surface area contributed by atoms with Crippen molar-refractivity contribution in [2.24, 2.45) is 17.8 Å². The molecule has 3 N–H and O–H groups in total. The molecule has 3 heterocycles. The molecule has 0 radical (unpaired) electrons. The lowest BCUT2D eigenvalue weighted by atomic mass is 9.80.